The topological polar surface area (TPSA) is 57.0 Å². The van der Waals surface area contributed by atoms with Gasteiger partial charge in [-0.15, -0.1) is 0 Å². The summed E-state index contributed by atoms with van der Waals surface area (Å²) >= 11 is 0. The predicted octanol–water partition coefficient (Wildman–Crippen LogP) is 2.09. The minimum atomic E-state index is 0.733. The molecule has 0 bridgehead atoms. The second-order valence-corrected chi connectivity index (χ2v) is 3.66. The Hall–Kier alpha value is -2.16. The molecule has 0 aliphatic carbocycles. The number of rotatable bonds is 0. The summed E-state index contributed by atoms with van der Waals surface area (Å²) in [6.07, 6.45) is 0. The van der Waals surface area contributed by atoms with Gasteiger partial charge in [-0.1, -0.05) is 24.3 Å². The first-order valence-electron chi connectivity index (χ1n) is 4.81. The highest BCUT2D eigenvalue weighted by Crippen LogP contribution is 2.27. The van der Waals surface area contributed by atoms with Crippen LogP contribution in [-0.2, 0) is 0 Å². The molecule has 0 spiro atoms. The molecule has 0 radical (unpaired) electrons. The molecule has 3 heteroatoms. The summed E-state index contributed by atoms with van der Waals surface area (Å²) < 4.78 is 1.68. The molecular formula is C12H11N3. The van der Waals surface area contributed by atoms with Crippen LogP contribution in [0, 0.1) is 0 Å². The normalized spacial score (nSPS) is 11.2. The number of hydrogen-bond donors (Lipinski definition) is 2. The number of fused-ring (bicyclic) bond motifs is 3. The smallest absolute Gasteiger partial charge is 0.0724 e. The Labute approximate surface area is 86.9 Å². The first-order valence-corrected chi connectivity index (χ1v) is 4.81. The maximum Gasteiger partial charge on any atom is 0.0724 e. The number of nitrogen functional groups attached to an aromatic ring is 2. The molecule has 0 saturated carbocycles. The summed E-state index contributed by atoms with van der Waals surface area (Å²) in [6, 6.07) is 13.9. The first-order chi connectivity index (χ1) is 7.27. The van der Waals surface area contributed by atoms with E-state index < -0.39 is 0 Å². The lowest BCUT2D eigenvalue weighted by Gasteiger charge is -1.98. The van der Waals surface area contributed by atoms with Gasteiger partial charge in [0.2, 0.25) is 0 Å². The zero-order chi connectivity index (χ0) is 10.4. The van der Waals surface area contributed by atoms with E-state index in [1.165, 1.54) is 0 Å². The standard InChI is InChI=1S/C12H11N3/c13-8-5-6-10-9-3-1-2-4-11(9)15(14)12(10)7-8/h1-7H,13-14H2. The van der Waals surface area contributed by atoms with Crippen molar-refractivity contribution in [1.29, 1.82) is 0 Å². The zero-order valence-corrected chi connectivity index (χ0v) is 8.14. The average Bonchev–Trinajstić information content (AvgIpc) is 2.54. The molecule has 4 N–H and O–H groups in total. The van der Waals surface area contributed by atoms with Crippen molar-refractivity contribution in [3.05, 3.63) is 42.5 Å². The van der Waals surface area contributed by atoms with Crippen LogP contribution in [0.25, 0.3) is 21.8 Å². The third-order valence-electron chi connectivity index (χ3n) is 2.74. The van der Waals surface area contributed by atoms with Gasteiger partial charge in [0.25, 0.3) is 0 Å². The van der Waals surface area contributed by atoms with Crippen molar-refractivity contribution in [3.8, 4) is 0 Å². The number of para-hydroxylation sites is 1. The summed E-state index contributed by atoms with van der Waals surface area (Å²) in [5.74, 6) is 6.00. The molecule has 0 aliphatic rings. The van der Waals surface area contributed by atoms with Crippen LogP contribution < -0.4 is 11.6 Å². The van der Waals surface area contributed by atoms with Crippen molar-refractivity contribution >= 4 is 27.5 Å². The van der Waals surface area contributed by atoms with Crippen molar-refractivity contribution in [3.63, 3.8) is 0 Å². The van der Waals surface area contributed by atoms with E-state index in [0.717, 1.165) is 27.5 Å². The Bertz CT molecular complexity index is 652. The Kier molecular flexibility index (Phi) is 1.45. The molecule has 15 heavy (non-hydrogen) atoms. The van der Waals surface area contributed by atoms with Crippen LogP contribution in [0.5, 0.6) is 0 Å². The van der Waals surface area contributed by atoms with Crippen molar-refractivity contribution in [1.82, 2.24) is 4.68 Å². The van der Waals surface area contributed by atoms with Crippen LogP contribution in [0.1, 0.15) is 0 Å². The maximum atomic E-state index is 6.00. The third-order valence-corrected chi connectivity index (χ3v) is 2.74. The van der Waals surface area contributed by atoms with Crippen molar-refractivity contribution < 1.29 is 0 Å². The van der Waals surface area contributed by atoms with Crippen LogP contribution in [0.2, 0.25) is 0 Å². The third kappa shape index (κ3) is 1.00. The summed E-state index contributed by atoms with van der Waals surface area (Å²) in [5, 5.41) is 2.30. The highest BCUT2D eigenvalue weighted by molar-refractivity contribution is 6.08. The average molecular weight is 197 g/mol. The Balaban J connectivity index is 2.63. The second kappa shape index (κ2) is 2.67. The van der Waals surface area contributed by atoms with E-state index in [1.807, 2.05) is 36.4 Å². The van der Waals surface area contributed by atoms with E-state index in [9.17, 15) is 0 Å². The number of hydrogen-bond acceptors (Lipinski definition) is 2. The summed E-state index contributed by atoms with van der Waals surface area (Å²) in [6.45, 7) is 0. The lowest BCUT2D eigenvalue weighted by molar-refractivity contribution is 1.12. The van der Waals surface area contributed by atoms with E-state index in [1.54, 1.807) is 4.68 Å². The van der Waals surface area contributed by atoms with Crippen LogP contribution in [-0.4, -0.2) is 4.68 Å². The van der Waals surface area contributed by atoms with Crippen LogP contribution in [0.4, 0.5) is 5.69 Å². The van der Waals surface area contributed by atoms with Crippen molar-refractivity contribution in [2.75, 3.05) is 11.6 Å². The summed E-state index contributed by atoms with van der Waals surface area (Å²) in [7, 11) is 0. The van der Waals surface area contributed by atoms with Gasteiger partial charge in [-0.05, 0) is 18.2 Å². The van der Waals surface area contributed by atoms with E-state index in [4.69, 9.17) is 11.6 Å². The van der Waals surface area contributed by atoms with E-state index in [0.29, 0.717) is 0 Å². The molecule has 0 saturated heterocycles. The summed E-state index contributed by atoms with van der Waals surface area (Å²) in [5.41, 5.74) is 8.47. The van der Waals surface area contributed by atoms with Gasteiger partial charge in [0.15, 0.2) is 0 Å². The lowest BCUT2D eigenvalue weighted by Crippen LogP contribution is -2.06. The second-order valence-electron chi connectivity index (χ2n) is 3.66. The number of nitrogens with two attached hydrogens (primary N) is 2. The molecule has 3 nitrogen and oxygen atoms in total. The minimum Gasteiger partial charge on any atom is -0.399 e. The zero-order valence-electron chi connectivity index (χ0n) is 8.14. The molecule has 1 aromatic heterocycles. The van der Waals surface area contributed by atoms with E-state index >= 15 is 0 Å². The Morgan fingerprint density at radius 3 is 2.47 bits per heavy atom. The van der Waals surface area contributed by atoms with Gasteiger partial charge in [-0.2, -0.15) is 0 Å². The molecule has 0 atom stereocenters. The van der Waals surface area contributed by atoms with Crippen molar-refractivity contribution in [2.45, 2.75) is 0 Å². The van der Waals surface area contributed by atoms with Crippen LogP contribution in [0.3, 0.4) is 0 Å². The molecule has 1 heterocycles. The molecule has 0 fully saturated rings. The fourth-order valence-corrected chi connectivity index (χ4v) is 2.02. The van der Waals surface area contributed by atoms with Gasteiger partial charge in [-0.3, -0.25) is 4.68 Å². The van der Waals surface area contributed by atoms with Gasteiger partial charge in [0.1, 0.15) is 0 Å². The molecule has 0 amide bonds. The molecule has 2 aromatic carbocycles. The first kappa shape index (κ1) is 8.17. The monoisotopic (exact) mass is 197 g/mol. The van der Waals surface area contributed by atoms with Crippen LogP contribution in [0.15, 0.2) is 42.5 Å². The number of benzene rings is 2. The molecule has 3 rings (SSSR count). The Morgan fingerprint density at radius 1 is 0.867 bits per heavy atom. The quantitative estimate of drug-likeness (QED) is 0.428. The highest BCUT2D eigenvalue weighted by atomic mass is 15.3. The van der Waals surface area contributed by atoms with Gasteiger partial charge in [0, 0.05) is 16.5 Å². The number of aromatic nitrogens is 1. The fraction of sp³-hybridized carbons (Fsp3) is 0. The minimum absolute atomic E-state index is 0.733. The lowest BCUT2D eigenvalue weighted by atomic mass is 10.1. The van der Waals surface area contributed by atoms with E-state index in [-0.39, 0.29) is 0 Å². The largest absolute Gasteiger partial charge is 0.399 e. The highest BCUT2D eigenvalue weighted by Gasteiger charge is 2.07. The molecular weight excluding hydrogens is 186 g/mol. The SMILES string of the molecule is Nc1ccc2c3ccccc3n(N)c2c1. The Morgan fingerprint density at radius 2 is 1.60 bits per heavy atom. The fourth-order valence-electron chi connectivity index (χ4n) is 2.02. The van der Waals surface area contributed by atoms with Crippen LogP contribution >= 0.6 is 0 Å². The van der Waals surface area contributed by atoms with Gasteiger partial charge in [-0.25, -0.2) is 0 Å². The van der Waals surface area contributed by atoms with Gasteiger partial charge >= 0.3 is 0 Å². The predicted molar refractivity (Wildman–Crippen MR) is 64.0 cm³/mol. The maximum absolute atomic E-state index is 6.00. The molecule has 0 unspecified atom stereocenters. The van der Waals surface area contributed by atoms with E-state index in [2.05, 4.69) is 6.07 Å². The molecule has 3 aromatic rings. The number of nitrogens with zero attached hydrogens (tertiary/aromatic N) is 1. The van der Waals surface area contributed by atoms with Crippen molar-refractivity contribution in [2.24, 2.45) is 0 Å². The molecule has 74 valence electrons. The van der Waals surface area contributed by atoms with Gasteiger partial charge < -0.3 is 11.6 Å². The molecule has 0 aliphatic heterocycles. The van der Waals surface area contributed by atoms with Gasteiger partial charge in [0.05, 0.1) is 11.0 Å². The number of anilines is 1. The summed E-state index contributed by atoms with van der Waals surface area (Å²) in [4.78, 5) is 0.